The van der Waals surface area contributed by atoms with Crippen molar-refractivity contribution in [3.8, 4) is 11.5 Å². The third kappa shape index (κ3) is 5.40. The maximum absolute atomic E-state index is 13.0. The summed E-state index contributed by atoms with van der Waals surface area (Å²) in [6.45, 7) is -3.40. The molecule has 0 spiro atoms. The first-order chi connectivity index (χ1) is 12.4. The molecule has 0 heterocycles. The molecule has 138 valence electrons. The van der Waals surface area contributed by atoms with E-state index in [0.717, 1.165) is 12.1 Å². The summed E-state index contributed by atoms with van der Waals surface area (Å²) in [6.07, 6.45) is 0. The zero-order valence-electron chi connectivity index (χ0n) is 13.6. The molecule has 2 amide bonds. The number of methoxy groups -OCH3 is 1. The lowest BCUT2D eigenvalue weighted by Crippen LogP contribution is -2.32. The molecule has 0 saturated heterocycles. The lowest BCUT2D eigenvalue weighted by Gasteiger charge is -2.11. The van der Waals surface area contributed by atoms with E-state index in [1.807, 2.05) is 0 Å². The lowest BCUT2D eigenvalue weighted by molar-refractivity contribution is -0.115. The van der Waals surface area contributed by atoms with Crippen molar-refractivity contribution in [1.29, 1.82) is 0 Å². The normalized spacial score (nSPS) is 10.3. The van der Waals surface area contributed by atoms with Gasteiger partial charge in [-0.1, -0.05) is 6.07 Å². The fourth-order valence-electron chi connectivity index (χ4n) is 2.04. The van der Waals surface area contributed by atoms with Gasteiger partial charge >= 0.3 is 6.61 Å². The number of anilines is 1. The van der Waals surface area contributed by atoms with Crippen molar-refractivity contribution in [2.45, 2.75) is 6.61 Å². The van der Waals surface area contributed by atoms with Gasteiger partial charge in [-0.2, -0.15) is 8.78 Å². The van der Waals surface area contributed by atoms with Crippen LogP contribution in [0.1, 0.15) is 10.4 Å². The molecule has 0 aliphatic carbocycles. The molecule has 0 radical (unpaired) electrons. The Morgan fingerprint density at radius 2 is 1.88 bits per heavy atom. The van der Waals surface area contributed by atoms with Crippen LogP contribution in [0.4, 0.5) is 18.9 Å². The first-order valence-electron chi connectivity index (χ1n) is 7.35. The third-order valence-corrected chi connectivity index (χ3v) is 3.16. The van der Waals surface area contributed by atoms with E-state index in [-0.39, 0.29) is 29.3 Å². The van der Waals surface area contributed by atoms with Crippen molar-refractivity contribution >= 4 is 17.5 Å². The zero-order chi connectivity index (χ0) is 19.1. The summed E-state index contributed by atoms with van der Waals surface area (Å²) in [5.41, 5.74) is 0.335. The Morgan fingerprint density at radius 3 is 2.54 bits per heavy atom. The molecule has 9 heteroatoms. The highest BCUT2D eigenvalue weighted by Gasteiger charge is 2.15. The smallest absolute Gasteiger partial charge is 0.387 e. The summed E-state index contributed by atoms with van der Waals surface area (Å²) < 4.78 is 46.8. The minimum atomic E-state index is -3.03. The van der Waals surface area contributed by atoms with Crippen molar-refractivity contribution in [2.24, 2.45) is 0 Å². The first-order valence-corrected chi connectivity index (χ1v) is 7.35. The van der Waals surface area contributed by atoms with Crippen molar-refractivity contribution < 1.29 is 32.2 Å². The Kier molecular flexibility index (Phi) is 6.42. The predicted octanol–water partition coefficient (Wildman–Crippen LogP) is 2.80. The second kappa shape index (κ2) is 8.75. The summed E-state index contributed by atoms with van der Waals surface area (Å²) in [5, 5.41) is 4.78. The quantitative estimate of drug-likeness (QED) is 0.788. The molecule has 2 aromatic carbocycles. The van der Waals surface area contributed by atoms with Crippen LogP contribution >= 0.6 is 0 Å². The van der Waals surface area contributed by atoms with Gasteiger partial charge in [0, 0.05) is 11.3 Å². The topological polar surface area (TPSA) is 76.7 Å². The van der Waals surface area contributed by atoms with E-state index in [9.17, 15) is 22.8 Å². The molecule has 26 heavy (non-hydrogen) atoms. The Balaban J connectivity index is 1.95. The van der Waals surface area contributed by atoms with E-state index in [1.54, 1.807) is 0 Å². The van der Waals surface area contributed by atoms with Gasteiger partial charge in [-0.25, -0.2) is 4.39 Å². The highest BCUT2D eigenvalue weighted by molar-refractivity contribution is 5.99. The number of carbonyl (C=O) groups excluding carboxylic acids is 2. The minimum Gasteiger partial charge on any atom is -0.493 e. The molecule has 0 fully saturated rings. The van der Waals surface area contributed by atoms with Crippen LogP contribution in [0.15, 0.2) is 42.5 Å². The van der Waals surface area contributed by atoms with Crippen LogP contribution < -0.4 is 20.1 Å². The molecule has 0 aliphatic rings. The van der Waals surface area contributed by atoms with Crippen LogP contribution in [-0.2, 0) is 4.79 Å². The largest absolute Gasteiger partial charge is 0.493 e. The van der Waals surface area contributed by atoms with Crippen molar-refractivity contribution in [3.63, 3.8) is 0 Å². The molecule has 2 N–H and O–H groups in total. The van der Waals surface area contributed by atoms with Gasteiger partial charge in [0.1, 0.15) is 5.82 Å². The van der Waals surface area contributed by atoms with E-state index >= 15 is 0 Å². The lowest BCUT2D eigenvalue weighted by atomic mass is 10.2. The summed E-state index contributed by atoms with van der Waals surface area (Å²) in [5.74, 6) is -1.97. The maximum Gasteiger partial charge on any atom is 0.387 e. The fraction of sp³-hybridized carbons (Fsp3) is 0.176. The van der Waals surface area contributed by atoms with Crippen molar-refractivity contribution in [1.82, 2.24) is 5.32 Å². The molecular formula is C17H15F3N2O4. The average Bonchev–Trinajstić information content (AvgIpc) is 2.59. The van der Waals surface area contributed by atoms with Gasteiger partial charge in [0.25, 0.3) is 5.91 Å². The number of rotatable bonds is 7. The molecule has 0 unspecified atom stereocenters. The van der Waals surface area contributed by atoms with E-state index in [0.29, 0.717) is 0 Å². The number of hydrogen-bond donors (Lipinski definition) is 2. The Bertz CT molecular complexity index is 799. The van der Waals surface area contributed by atoms with Crippen LogP contribution in [0.5, 0.6) is 11.5 Å². The maximum atomic E-state index is 13.0. The zero-order valence-corrected chi connectivity index (χ0v) is 13.6. The SMILES string of the molecule is COc1cc(C(=O)NCC(=O)Nc2cccc(F)c2)ccc1OC(F)F. The number of hydrogen-bond acceptors (Lipinski definition) is 4. The second-order valence-corrected chi connectivity index (χ2v) is 4.99. The Hall–Kier alpha value is -3.23. The number of halogens is 3. The predicted molar refractivity (Wildman–Crippen MR) is 87.0 cm³/mol. The number of amides is 2. The number of alkyl halides is 2. The average molecular weight is 368 g/mol. The summed E-state index contributed by atoms with van der Waals surface area (Å²) in [4.78, 5) is 23.8. The van der Waals surface area contributed by atoms with Gasteiger partial charge in [-0.05, 0) is 36.4 Å². The van der Waals surface area contributed by atoms with Gasteiger partial charge in [0.15, 0.2) is 11.5 Å². The highest BCUT2D eigenvalue weighted by atomic mass is 19.3. The van der Waals surface area contributed by atoms with E-state index in [4.69, 9.17) is 4.74 Å². The van der Waals surface area contributed by atoms with E-state index in [2.05, 4.69) is 15.4 Å². The number of carbonyl (C=O) groups is 2. The molecule has 2 aromatic rings. The van der Waals surface area contributed by atoms with Crippen LogP contribution in [0.25, 0.3) is 0 Å². The highest BCUT2D eigenvalue weighted by Crippen LogP contribution is 2.29. The van der Waals surface area contributed by atoms with Gasteiger partial charge < -0.3 is 20.1 Å². The van der Waals surface area contributed by atoms with E-state index < -0.39 is 24.2 Å². The van der Waals surface area contributed by atoms with E-state index in [1.165, 1.54) is 37.4 Å². The molecule has 0 aromatic heterocycles. The third-order valence-electron chi connectivity index (χ3n) is 3.16. The molecular weight excluding hydrogens is 353 g/mol. The van der Waals surface area contributed by atoms with Crippen LogP contribution in [0, 0.1) is 5.82 Å². The van der Waals surface area contributed by atoms with Gasteiger partial charge in [0.05, 0.1) is 13.7 Å². The van der Waals surface area contributed by atoms with Gasteiger partial charge in [0.2, 0.25) is 5.91 Å². The number of ether oxygens (including phenoxy) is 2. The van der Waals surface area contributed by atoms with Gasteiger partial charge in [-0.15, -0.1) is 0 Å². The first kappa shape index (κ1) is 19.1. The Labute approximate surface area is 146 Å². The van der Waals surface area contributed by atoms with Crippen LogP contribution in [-0.4, -0.2) is 32.1 Å². The summed E-state index contributed by atoms with van der Waals surface area (Å²) in [6, 6.07) is 8.90. The minimum absolute atomic E-state index is 0.0536. The van der Waals surface area contributed by atoms with Crippen molar-refractivity contribution in [2.75, 3.05) is 19.0 Å². The number of benzene rings is 2. The summed E-state index contributed by atoms with van der Waals surface area (Å²) in [7, 11) is 1.24. The second-order valence-electron chi connectivity index (χ2n) is 4.99. The van der Waals surface area contributed by atoms with Crippen molar-refractivity contribution in [3.05, 3.63) is 53.8 Å². The molecule has 0 bridgehead atoms. The molecule has 0 atom stereocenters. The molecule has 2 rings (SSSR count). The number of nitrogens with one attached hydrogen (secondary N) is 2. The van der Waals surface area contributed by atoms with Crippen LogP contribution in [0.2, 0.25) is 0 Å². The Morgan fingerprint density at radius 1 is 1.12 bits per heavy atom. The molecule has 6 nitrogen and oxygen atoms in total. The van der Waals surface area contributed by atoms with Gasteiger partial charge in [-0.3, -0.25) is 9.59 Å². The molecule has 0 aliphatic heterocycles. The van der Waals surface area contributed by atoms with Crippen LogP contribution in [0.3, 0.4) is 0 Å². The fourth-order valence-corrected chi connectivity index (χ4v) is 2.04. The monoisotopic (exact) mass is 368 g/mol. The standard InChI is InChI=1S/C17H15F3N2O4/c1-25-14-7-10(5-6-13(14)26-17(19)20)16(24)21-9-15(23)22-12-4-2-3-11(18)8-12/h2-8,17H,9H2,1H3,(H,21,24)(H,22,23). The molecule has 0 saturated carbocycles. The summed E-state index contributed by atoms with van der Waals surface area (Å²) >= 11 is 0.